The van der Waals surface area contributed by atoms with Gasteiger partial charge in [-0.3, -0.25) is 4.90 Å². The van der Waals surface area contributed by atoms with Gasteiger partial charge in [0.1, 0.15) is 0 Å². The molecule has 0 spiro atoms. The summed E-state index contributed by atoms with van der Waals surface area (Å²) in [6.45, 7) is 0.594. The molecule has 0 bridgehead atoms. The molecule has 0 aliphatic carbocycles. The van der Waals surface area contributed by atoms with E-state index in [1.807, 2.05) is 48.3 Å². The molecule has 1 unspecified atom stereocenters. The van der Waals surface area contributed by atoms with E-state index >= 15 is 0 Å². The molecule has 0 saturated carbocycles. The van der Waals surface area contributed by atoms with Gasteiger partial charge in [0.25, 0.3) is 0 Å². The van der Waals surface area contributed by atoms with Gasteiger partial charge in [-0.2, -0.15) is 0 Å². The standard InChI is InChI=1S/C15H18N2O3S/c1-17(14-7-8-21(18,19)11-14)10-13-9-15(20-16-13)12-5-3-2-4-6-12/h2-6,9,14H,7-8,10-11H2,1H3. The number of hydrogen-bond acceptors (Lipinski definition) is 5. The molecule has 1 fully saturated rings. The molecule has 2 aromatic rings. The van der Waals surface area contributed by atoms with Crippen LogP contribution in [0.1, 0.15) is 12.1 Å². The van der Waals surface area contributed by atoms with Gasteiger partial charge in [-0.05, 0) is 13.5 Å². The molecule has 0 amide bonds. The molecule has 0 radical (unpaired) electrons. The zero-order valence-corrected chi connectivity index (χ0v) is 12.7. The Hall–Kier alpha value is -1.66. The number of rotatable bonds is 4. The van der Waals surface area contributed by atoms with Crippen LogP contribution < -0.4 is 0 Å². The molecule has 1 aromatic carbocycles. The fourth-order valence-electron chi connectivity index (χ4n) is 2.63. The van der Waals surface area contributed by atoms with Crippen molar-refractivity contribution in [2.45, 2.75) is 19.0 Å². The van der Waals surface area contributed by atoms with Crippen LogP contribution in [0, 0.1) is 0 Å². The van der Waals surface area contributed by atoms with Crippen LogP contribution in [0.15, 0.2) is 40.9 Å². The van der Waals surface area contributed by atoms with Gasteiger partial charge in [-0.25, -0.2) is 8.42 Å². The van der Waals surface area contributed by atoms with Crippen LogP contribution in [0.25, 0.3) is 11.3 Å². The Morgan fingerprint density at radius 1 is 1.33 bits per heavy atom. The second kappa shape index (κ2) is 5.61. The summed E-state index contributed by atoms with van der Waals surface area (Å²) >= 11 is 0. The third-order valence-electron chi connectivity index (χ3n) is 3.86. The zero-order valence-electron chi connectivity index (χ0n) is 11.9. The molecule has 0 N–H and O–H groups in total. The molecule has 112 valence electrons. The molecule has 21 heavy (non-hydrogen) atoms. The number of hydrogen-bond donors (Lipinski definition) is 0. The van der Waals surface area contributed by atoms with Crippen LogP contribution in [-0.2, 0) is 16.4 Å². The molecule has 1 aliphatic rings. The summed E-state index contributed by atoms with van der Waals surface area (Å²) in [6.07, 6.45) is 0.697. The van der Waals surface area contributed by atoms with Crippen molar-refractivity contribution in [3.05, 3.63) is 42.1 Å². The lowest BCUT2D eigenvalue weighted by atomic mass is 10.1. The Morgan fingerprint density at radius 3 is 2.76 bits per heavy atom. The van der Waals surface area contributed by atoms with Crippen molar-refractivity contribution in [1.82, 2.24) is 10.1 Å². The van der Waals surface area contributed by atoms with E-state index in [4.69, 9.17) is 4.52 Å². The Kier molecular flexibility index (Phi) is 3.82. The summed E-state index contributed by atoms with van der Waals surface area (Å²) in [4.78, 5) is 2.04. The molecule has 6 heteroatoms. The first kappa shape index (κ1) is 14.3. The predicted molar refractivity (Wildman–Crippen MR) is 80.5 cm³/mol. The third kappa shape index (κ3) is 3.33. The average Bonchev–Trinajstić information content (AvgIpc) is 3.06. The van der Waals surface area contributed by atoms with Crippen molar-refractivity contribution in [1.29, 1.82) is 0 Å². The third-order valence-corrected chi connectivity index (χ3v) is 5.61. The summed E-state index contributed by atoms with van der Waals surface area (Å²) in [5.74, 6) is 1.27. The fraction of sp³-hybridized carbons (Fsp3) is 0.400. The van der Waals surface area contributed by atoms with E-state index in [1.165, 1.54) is 0 Å². The van der Waals surface area contributed by atoms with E-state index in [0.29, 0.717) is 13.0 Å². The number of benzene rings is 1. The van der Waals surface area contributed by atoms with E-state index in [2.05, 4.69) is 5.16 Å². The molecular weight excluding hydrogens is 288 g/mol. The van der Waals surface area contributed by atoms with Crippen molar-refractivity contribution < 1.29 is 12.9 Å². The quantitative estimate of drug-likeness (QED) is 0.864. The molecule has 1 aliphatic heterocycles. The van der Waals surface area contributed by atoms with Crippen LogP contribution >= 0.6 is 0 Å². The Morgan fingerprint density at radius 2 is 2.10 bits per heavy atom. The maximum atomic E-state index is 11.5. The smallest absolute Gasteiger partial charge is 0.167 e. The molecule has 1 aromatic heterocycles. The van der Waals surface area contributed by atoms with Gasteiger partial charge in [-0.1, -0.05) is 35.5 Å². The van der Waals surface area contributed by atoms with Crippen LogP contribution in [-0.4, -0.2) is 43.1 Å². The topological polar surface area (TPSA) is 63.4 Å². The normalized spacial score (nSPS) is 21.0. The maximum Gasteiger partial charge on any atom is 0.167 e. The lowest BCUT2D eigenvalue weighted by Crippen LogP contribution is -2.32. The first-order valence-corrected chi connectivity index (χ1v) is 8.77. The highest BCUT2D eigenvalue weighted by Gasteiger charge is 2.30. The van der Waals surface area contributed by atoms with Gasteiger partial charge in [0.05, 0.1) is 17.2 Å². The zero-order chi connectivity index (χ0) is 14.9. The minimum absolute atomic E-state index is 0.0758. The summed E-state index contributed by atoms with van der Waals surface area (Å²) in [6, 6.07) is 11.8. The first-order valence-electron chi connectivity index (χ1n) is 6.95. The fourth-order valence-corrected chi connectivity index (χ4v) is 4.44. The highest BCUT2D eigenvalue weighted by atomic mass is 32.2. The second-order valence-electron chi connectivity index (χ2n) is 5.52. The molecular formula is C15H18N2O3S. The van der Waals surface area contributed by atoms with Crippen LogP contribution in [0.3, 0.4) is 0 Å². The van der Waals surface area contributed by atoms with Gasteiger partial charge in [0, 0.05) is 24.2 Å². The van der Waals surface area contributed by atoms with Crippen molar-refractivity contribution in [2.75, 3.05) is 18.6 Å². The maximum absolute atomic E-state index is 11.5. The highest BCUT2D eigenvalue weighted by Crippen LogP contribution is 2.22. The minimum atomic E-state index is -2.86. The van der Waals surface area contributed by atoms with E-state index in [1.54, 1.807) is 0 Å². The van der Waals surface area contributed by atoms with Crippen LogP contribution in [0.5, 0.6) is 0 Å². The van der Waals surface area contributed by atoms with Crippen molar-refractivity contribution in [3.8, 4) is 11.3 Å². The first-order chi connectivity index (χ1) is 10.0. The van der Waals surface area contributed by atoms with E-state index in [0.717, 1.165) is 17.0 Å². The number of aromatic nitrogens is 1. The predicted octanol–water partition coefficient (Wildman–Crippen LogP) is 1.96. The van der Waals surface area contributed by atoms with Gasteiger partial charge < -0.3 is 4.52 Å². The Labute approximate surface area is 124 Å². The summed E-state index contributed by atoms with van der Waals surface area (Å²) < 4.78 is 28.4. The van der Waals surface area contributed by atoms with Gasteiger partial charge >= 0.3 is 0 Å². The minimum Gasteiger partial charge on any atom is -0.356 e. The van der Waals surface area contributed by atoms with Crippen molar-refractivity contribution >= 4 is 9.84 Å². The van der Waals surface area contributed by atoms with E-state index in [9.17, 15) is 8.42 Å². The van der Waals surface area contributed by atoms with Gasteiger partial charge in [0.15, 0.2) is 15.6 Å². The molecule has 2 heterocycles. The largest absolute Gasteiger partial charge is 0.356 e. The van der Waals surface area contributed by atoms with Crippen LogP contribution in [0.4, 0.5) is 0 Å². The average molecular weight is 306 g/mol. The van der Waals surface area contributed by atoms with Gasteiger partial charge in [-0.15, -0.1) is 0 Å². The van der Waals surface area contributed by atoms with E-state index < -0.39 is 9.84 Å². The highest BCUT2D eigenvalue weighted by molar-refractivity contribution is 7.91. The molecule has 1 atom stereocenters. The Bertz CT molecular complexity index is 710. The Balaban J connectivity index is 1.68. The number of sulfone groups is 1. The van der Waals surface area contributed by atoms with Crippen molar-refractivity contribution in [3.63, 3.8) is 0 Å². The summed E-state index contributed by atoms with van der Waals surface area (Å²) in [5.41, 5.74) is 1.81. The lowest BCUT2D eigenvalue weighted by Gasteiger charge is -2.21. The SMILES string of the molecule is CN(Cc1cc(-c2ccccc2)on1)C1CCS(=O)(=O)C1. The number of nitrogens with zero attached hydrogens (tertiary/aromatic N) is 2. The molecule has 1 saturated heterocycles. The summed E-state index contributed by atoms with van der Waals surface area (Å²) in [5, 5.41) is 4.07. The van der Waals surface area contributed by atoms with Crippen molar-refractivity contribution in [2.24, 2.45) is 0 Å². The van der Waals surface area contributed by atoms with Gasteiger partial charge in [0.2, 0.25) is 0 Å². The summed E-state index contributed by atoms with van der Waals surface area (Å²) in [7, 11) is -0.923. The molecule has 5 nitrogen and oxygen atoms in total. The van der Waals surface area contributed by atoms with Crippen LogP contribution in [0.2, 0.25) is 0 Å². The monoisotopic (exact) mass is 306 g/mol. The van der Waals surface area contributed by atoms with E-state index in [-0.39, 0.29) is 17.5 Å². The second-order valence-corrected chi connectivity index (χ2v) is 7.75. The lowest BCUT2D eigenvalue weighted by molar-refractivity contribution is 0.246. The molecule has 3 rings (SSSR count).